The van der Waals surface area contributed by atoms with Crippen LogP contribution in [-0.2, 0) is 17.6 Å². The number of carbonyl (C=O) groups is 1. The molecule has 20 heavy (non-hydrogen) atoms. The topological polar surface area (TPSA) is 49.3 Å². The summed E-state index contributed by atoms with van der Waals surface area (Å²) in [5.41, 5.74) is 1.79. The molecule has 2 N–H and O–H groups in total. The van der Waals surface area contributed by atoms with E-state index >= 15 is 0 Å². The van der Waals surface area contributed by atoms with Crippen molar-refractivity contribution < 1.29 is 9.90 Å². The van der Waals surface area contributed by atoms with Crippen LogP contribution in [0.2, 0.25) is 5.02 Å². The summed E-state index contributed by atoms with van der Waals surface area (Å²) in [5.74, 6) is -0.853. The number of rotatable bonds is 3. The van der Waals surface area contributed by atoms with Crippen LogP contribution in [-0.4, -0.2) is 16.6 Å². The molecule has 0 fully saturated rings. The molecule has 0 aromatic heterocycles. The summed E-state index contributed by atoms with van der Waals surface area (Å²) < 4.78 is 0. The number of hydrogen-bond donors (Lipinski definition) is 2. The van der Waals surface area contributed by atoms with Crippen molar-refractivity contribution >= 4 is 23.3 Å². The SMILES string of the molecule is O=C(O)C1(Nc2ccccc2Cl)Cc2ccccc2C1. The largest absolute Gasteiger partial charge is 0.479 e. The Morgan fingerprint density at radius 1 is 1.05 bits per heavy atom. The number of carboxylic acids is 1. The fourth-order valence-corrected chi connectivity index (χ4v) is 2.91. The van der Waals surface area contributed by atoms with Crippen LogP contribution in [0.4, 0.5) is 5.69 Å². The molecule has 3 nitrogen and oxygen atoms in total. The van der Waals surface area contributed by atoms with Gasteiger partial charge in [-0.3, -0.25) is 0 Å². The number of carboxylic acid groups (broad SMARTS) is 1. The quantitative estimate of drug-likeness (QED) is 0.910. The number of nitrogens with one attached hydrogen (secondary N) is 1. The Hall–Kier alpha value is -2.00. The van der Waals surface area contributed by atoms with Crippen molar-refractivity contribution in [3.05, 3.63) is 64.7 Å². The summed E-state index contributed by atoms with van der Waals surface area (Å²) in [5, 5.41) is 13.4. The van der Waals surface area contributed by atoms with Gasteiger partial charge in [-0.25, -0.2) is 4.79 Å². The second-order valence-electron chi connectivity index (χ2n) is 5.11. The van der Waals surface area contributed by atoms with Gasteiger partial charge >= 0.3 is 5.97 Å². The fourth-order valence-electron chi connectivity index (χ4n) is 2.73. The molecule has 1 aliphatic carbocycles. The van der Waals surface area contributed by atoms with Gasteiger partial charge in [0.2, 0.25) is 0 Å². The van der Waals surface area contributed by atoms with Crippen molar-refractivity contribution in [1.29, 1.82) is 0 Å². The molecule has 0 bridgehead atoms. The molecule has 3 rings (SSSR count). The Kier molecular flexibility index (Phi) is 3.14. The number of fused-ring (bicyclic) bond motifs is 1. The van der Waals surface area contributed by atoms with E-state index in [-0.39, 0.29) is 0 Å². The lowest BCUT2D eigenvalue weighted by Crippen LogP contribution is -2.47. The lowest BCUT2D eigenvalue weighted by molar-refractivity contribution is -0.142. The van der Waals surface area contributed by atoms with Gasteiger partial charge in [-0.2, -0.15) is 0 Å². The molecule has 0 aliphatic heterocycles. The third-order valence-electron chi connectivity index (χ3n) is 3.76. The van der Waals surface area contributed by atoms with E-state index in [2.05, 4.69) is 5.32 Å². The summed E-state index contributed by atoms with van der Waals surface area (Å²) in [6.45, 7) is 0. The van der Waals surface area contributed by atoms with Crippen LogP contribution in [0, 0.1) is 0 Å². The maximum atomic E-state index is 11.8. The standard InChI is InChI=1S/C16H14ClNO2/c17-13-7-3-4-8-14(13)18-16(15(19)20)9-11-5-1-2-6-12(11)10-16/h1-8,18H,9-10H2,(H,19,20). The van der Waals surface area contributed by atoms with Crippen LogP contribution in [0.25, 0.3) is 0 Å². The predicted octanol–water partition coefficient (Wildman–Crippen LogP) is 3.37. The van der Waals surface area contributed by atoms with Gasteiger partial charge < -0.3 is 10.4 Å². The van der Waals surface area contributed by atoms with Gasteiger partial charge in [0.25, 0.3) is 0 Å². The average Bonchev–Trinajstić information content (AvgIpc) is 2.81. The van der Waals surface area contributed by atoms with E-state index in [0.29, 0.717) is 23.6 Å². The minimum absolute atomic E-state index is 0.462. The van der Waals surface area contributed by atoms with Crippen LogP contribution in [0.1, 0.15) is 11.1 Å². The Bertz CT molecular complexity index is 644. The van der Waals surface area contributed by atoms with Gasteiger partial charge in [0.1, 0.15) is 5.54 Å². The zero-order chi connectivity index (χ0) is 14.2. The highest BCUT2D eigenvalue weighted by molar-refractivity contribution is 6.33. The lowest BCUT2D eigenvalue weighted by Gasteiger charge is -2.27. The molecular formula is C16H14ClNO2. The first kappa shape index (κ1) is 13.0. The third kappa shape index (κ3) is 2.14. The van der Waals surface area contributed by atoms with Crippen LogP contribution < -0.4 is 5.32 Å². The van der Waals surface area contributed by atoms with Crippen molar-refractivity contribution in [2.24, 2.45) is 0 Å². The van der Waals surface area contributed by atoms with E-state index in [1.165, 1.54) is 0 Å². The van der Waals surface area contributed by atoms with E-state index in [9.17, 15) is 9.90 Å². The molecule has 0 saturated heterocycles. The zero-order valence-corrected chi connectivity index (χ0v) is 11.5. The summed E-state index contributed by atoms with van der Waals surface area (Å²) >= 11 is 6.13. The lowest BCUT2D eigenvalue weighted by atomic mass is 9.95. The van der Waals surface area contributed by atoms with Gasteiger partial charge in [-0.15, -0.1) is 0 Å². The van der Waals surface area contributed by atoms with Crippen LogP contribution in [0.3, 0.4) is 0 Å². The van der Waals surface area contributed by atoms with Crippen LogP contribution in [0.15, 0.2) is 48.5 Å². The molecule has 0 spiro atoms. The normalized spacial score (nSPS) is 15.7. The van der Waals surface area contributed by atoms with E-state index in [4.69, 9.17) is 11.6 Å². The second-order valence-corrected chi connectivity index (χ2v) is 5.52. The molecule has 0 amide bonds. The van der Waals surface area contributed by atoms with Crippen molar-refractivity contribution in [3.63, 3.8) is 0 Å². The molecule has 4 heteroatoms. The van der Waals surface area contributed by atoms with Gasteiger partial charge in [-0.05, 0) is 23.3 Å². The Balaban J connectivity index is 1.96. The van der Waals surface area contributed by atoms with Crippen LogP contribution >= 0.6 is 11.6 Å². The highest BCUT2D eigenvalue weighted by Crippen LogP contribution is 2.35. The van der Waals surface area contributed by atoms with E-state index in [1.54, 1.807) is 12.1 Å². The number of halogens is 1. The minimum Gasteiger partial charge on any atom is -0.479 e. The fraction of sp³-hybridized carbons (Fsp3) is 0.188. The number of anilines is 1. The highest BCUT2D eigenvalue weighted by Gasteiger charge is 2.44. The van der Waals surface area contributed by atoms with Crippen molar-refractivity contribution in [2.75, 3.05) is 5.32 Å². The first-order valence-corrected chi connectivity index (χ1v) is 6.81. The molecule has 0 radical (unpaired) electrons. The Morgan fingerprint density at radius 3 is 2.15 bits per heavy atom. The Morgan fingerprint density at radius 2 is 1.60 bits per heavy atom. The first-order valence-electron chi connectivity index (χ1n) is 6.44. The first-order chi connectivity index (χ1) is 9.61. The molecule has 2 aromatic rings. The van der Waals surface area contributed by atoms with E-state index < -0.39 is 11.5 Å². The van der Waals surface area contributed by atoms with Crippen molar-refractivity contribution in [1.82, 2.24) is 0 Å². The molecule has 102 valence electrons. The van der Waals surface area contributed by atoms with Gasteiger partial charge in [0, 0.05) is 12.8 Å². The van der Waals surface area contributed by atoms with E-state index in [0.717, 1.165) is 11.1 Å². The Labute approximate surface area is 122 Å². The van der Waals surface area contributed by atoms with Gasteiger partial charge in [0.15, 0.2) is 0 Å². The number of benzene rings is 2. The third-order valence-corrected chi connectivity index (χ3v) is 4.09. The molecule has 0 atom stereocenters. The average molecular weight is 288 g/mol. The molecular weight excluding hydrogens is 274 g/mol. The number of aliphatic carboxylic acids is 1. The maximum Gasteiger partial charge on any atom is 0.330 e. The monoisotopic (exact) mass is 287 g/mol. The van der Waals surface area contributed by atoms with Crippen LogP contribution in [0.5, 0.6) is 0 Å². The predicted molar refractivity (Wildman–Crippen MR) is 79.3 cm³/mol. The minimum atomic E-state index is -1.02. The van der Waals surface area contributed by atoms with Crippen molar-refractivity contribution in [3.8, 4) is 0 Å². The maximum absolute atomic E-state index is 11.8. The molecule has 0 saturated carbocycles. The summed E-state index contributed by atoms with van der Waals surface area (Å²) in [4.78, 5) is 11.8. The number of para-hydroxylation sites is 1. The number of hydrogen-bond acceptors (Lipinski definition) is 2. The molecule has 0 heterocycles. The van der Waals surface area contributed by atoms with E-state index in [1.807, 2.05) is 36.4 Å². The summed E-state index contributed by atoms with van der Waals surface area (Å²) in [6.07, 6.45) is 0.924. The van der Waals surface area contributed by atoms with Gasteiger partial charge in [0.05, 0.1) is 10.7 Å². The summed E-state index contributed by atoms with van der Waals surface area (Å²) in [7, 11) is 0. The van der Waals surface area contributed by atoms with Gasteiger partial charge in [-0.1, -0.05) is 48.0 Å². The second kappa shape index (κ2) is 4.84. The summed E-state index contributed by atoms with van der Waals surface area (Å²) in [6, 6.07) is 15.1. The highest BCUT2D eigenvalue weighted by atomic mass is 35.5. The molecule has 1 aliphatic rings. The smallest absolute Gasteiger partial charge is 0.330 e. The molecule has 2 aromatic carbocycles. The zero-order valence-electron chi connectivity index (χ0n) is 10.8. The molecule has 0 unspecified atom stereocenters. The van der Waals surface area contributed by atoms with Crippen molar-refractivity contribution in [2.45, 2.75) is 18.4 Å².